The lowest BCUT2D eigenvalue weighted by molar-refractivity contribution is -0.822. The molecule has 11 heavy (non-hydrogen) atoms. The standard InChI is InChI=1S/C4H8N5O2/c5-2-1-3-7-4(6)8-9(10)11/h1,3H2,(H,10,11)(H3,6,7,8)/q+1. The molecule has 0 saturated carbocycles. The van der Waals surface area contributed by atoms with Gasteiger partial charge in [0.2, 0.25) is 0 Å². The SMILES string of the molecule is N#CCCN=C(N)N[N+](=O)O. The molecule has 0 fully saturated rings. The van der Waals surface area contributed by atoms with Gasteiger partial charge in [-0.3, -0.25) is 0 Å². The van der Waals surface area contributed by atoms with Gasteiger partial charge in [0.25, 0.3) is 5.96 Å². The molecule has 0 atom stereocenters. The van der Waals surface area contributed by atoms with Crippen LogP contribution < -0.4 is 11.2 Å². The van der Waals surface area contributed by atoms with Gasteiger partial charge in [0, 0.05) is 0 Å². The van der Waals surface area contributed by atoms with Crippen molar-refractivity contribution in [2.75, 3.05) is 6.54 Å². The average molecular weight is 158 g/mol. The van der Waals surface area contributed by atoms with Gasteiger partial charge >= 0.3 is 5.03 Å². The molecule has 0 radical (unpaired) electrons. The molecule has 0 saturated heterocycles. The Kier molecular flexibility index (Phi) is 4.15. The van der Waals surface area contributed by atoms with Crippen LogP contribution in [0.2, 0.25) is 0 Å². The van der Waals surface area contributed by atoms with Crippen molar-refractivity contribution in [2.24, 2.45) is 10.7 Å². The van der Waals surface area contributed by atoms with Crippen molar-refractivity contribution in [3.05, 3.63) is 4.91 Å². The van der Waals surface area contributed by atoms with Gasteiger partial charge in [0.15, 0.2) is 0 Å². The highest BCUT2D eigenvalue weighted by molar-refractivity contribution is 5.76. The molecule has 0 unspecified atom stereocenters. The Balaban J connectivity index is 3.64. The largest absolute Gasteiger partial charge is 0.365 e. The fourth-order valence-corrected chi connectivity index (χ4v) is 0.360. The molecule has 0 aromatic carbocycles. The van der Waals surface area contributed by atoms with Crippen LogP contribution in [-0.4, -0.2) is 22.7 Å². The summed E-state index contributed by atoms with van der Waals surface area (Å²) in [5.41, 5.74) is 6.80. The molecule has 0 rings (SSSR count). The maximum atomic E-state index is 9.82. The van der Waals surface area contributed by atoms with Crippen LogP contribution in [0.1, 0.15) is 6.42 Å². The van der Waals surface area contributed by atoms with Crippen LogP contribution in [0.25, 0.3) is 0 Å². The van der Waals surface area contributed by atoms with E-state index in [1.807, 2.05) is 6.07 Å². The first-order valence-electron chi connectivity index (χ1n) is 2.76. The van der Waals surface area contributed by atoms with Gasteiger partial charge in [-0.05, 0) is 5.43 Å². The summed E-state index contributed by atoms with van der Waals surface area (Å²) in [6, 6.07) is 1.83. The van der Waals surface area contributed by atoms with Crippen molar-refractivity contribution in [1.29, 1.82) is 5.26 Å². The number of rotatable bonds is 3. The third-order valence-electron chi connectivity index (χ3n) is 0.716. The van der Waals surface area contributed by atoms with Gasteiger partial charge in [0.05, 0.1) is 19.0 Å². The molecule has 0 aromatic rings. The lowest BCUT2D eigenvalue weighted by atomic mass is 10.5. The number of hydrogen-bond donors (Lipinski definition) is 3. The normalized spacial score (nSPS) is 10.3. The van der Waals surface area contributed by atoms with Gasteiger partial charge in [0.1, 0.15) is 4.91 Å². The van der Waals surface area contributed by atoms with Crippen molar-refractivity contribution >= 4 is 5.96 Å². The van der Waals surface area contributed by atoms with Crippen molar-refractivity contribution in [2.45, 2.75) is 6.42 Å². The quantitative estimate of drug-likeness (QED) is 0.208. The minimum Gasteiger partial charge on any atom is -0.365 e. The highest BCUT2D eigenvalue weighted by Gasteiger charge is 2.02. The molecule has 0 amide bonds. The molecule has 0 bridgehead atoms. The molecule has 0 aromatic heterocycles. The topological polar surface area (TPSA) is 115 Å². The Morgan fingerprint density at radius 3 is 3.00 bits per heavy atom. The Bertz CT molecular complexity index is 205. The predicted molar refractivity (Wildman–Crippen MR) is 35.3 cm³/mol. The summed E-state index contributed by atoms with van der Waals surface area (Å²) in [5, 5.41) is 15.5. The van der Waals surface area contributed by atoms with Crippen LogP contribution in [-0.2, 0) is 0 Å². The second kappa shape index (κ2) is 4.99. The second-order valence-electron chi connectivity index (χ2n) is 1.56. The summed E-state index contributed by atoms with van der Waals surface area (Å²) >= 11 is 0. The molecular weight excluding hydrogens is 150 g/mol. The Labute approximate surface area is 62.6 Å². The molecule has 0 aliphatic rings. The second-order valence-corrected chi connectivity index (χ2v) is 1.56. The van der Waals surface area contributed by atoms with Crippen molar-refractivity contribution in [1.82, 2.24) is 5.43 Å². The summed E-state index contributed by atoms with van der Waals surface area (Å²) in [6.07, 6.45) is 0.215. The van der Waals surface area contributed by atoms with Crippen molar-refractivity contribution in [3.63, 3.8) is 0 Å². The smallest absolute Gasteiger partial charge is 0.362 e. The minimum atomic E-state index is -0.564. The average Bonchev–Trinajstić information content (AvgIpc) is 1.86. The maximum Gasteiger partial charge on any atom is 0.362 e. The maximum absolute atomic E-state index is 9.82. The molecule has 0 aliphatic carbocycles. The van der Waals surface area contributed by atoms with E-state index in [-0.39, 0.29) is 18.9 Å². The zero-order chi connectivity index (χ0) is 8.69. The molecule has 0 spiro atoms. The molecule has 0 aliphatic heterocycles. The van der Waals surface area contributed by atoms with Gasteiger partial charge in [-0.2, -0.15) is 5.26 Å². The van der Waals surface area contributed by atoms with E-state index in [2.05, 4.69) is 4.99 Å². The molecule has 7 heteroatoms. The highest BCUT2D eigenvalue weighted by atomic mass is 16.7. The number of nitrogens with one attached hydrogen (secondary N) is 1. The van der Waals surface area contributed by atoms with E-state index in [1.54, 1.807) is 5.43 Å². The number of aliphatic imine (C=N–C) groups is 1. The number of nitrogens with two attached hydrogens (primary N) is 1. The number of hydrogen-bond acceptors (Lipinski definition) is 3. The van der Waals surface area contributed by atoms with E-state index in [1.165, 1.54) is 0 Å². The summed E-state index contributed by atoms with van der Waals surface area (Å²) in [7, 11) is 0. The Hall–Kier alpha value is -1.84. The van der Waals surface area contributed by atoms with E-state index in [9.17, 15) is 4.91 Å². The lowest BCUT2D eigenvalue weighted by Crippen LogP contribution is -2.37. The van der Waals surface area contributed by atoms with E-state index in [0.29, 0.717) is 0 Å². The number of guanidine groups is 1. The molecule has 7 nitrogen and oxygen atoms in total. The van der Waals surface area contributed by atoms with E-state index >= 15 is 0 Å². The summed E-state index contributed by atoms with van der Waals surface area (Å²) in [4.78, 5) is 13.3. The van der Waals surface area contributed by atoms with Crippen LogP contribution in [0.5, 0.6) is 0 Å². The van der Waals surface area contributed by atoms with Crippen molar-refractivity contribution in [3.8, 4) is 6.07 Å². The Morgan fingerprint density at radius 2 is 2.55 bits per heavy atom. The van der Waals surface area contributed by atoms with Crippen LogP contribution >= 0.6 is 0 Å². The van der Waals surface area contributed by atoms with Gasteiger partial charge in [-0.15, -0.1) is 0 Å². The highest BCUT2D eigenvalue weighted by Crippen LogP contribution is 1.75. The van der Waals surface area contributed by atoms with Crippen LogP contribution in [0.3, 0.4) is 0 Å². The van der Waals surface area contributed by atoms with E-state index in [0.717, 1.165) is 0 Å². The number of hydrazine groups is 1. The van der Waals surface area contributed by atoms with Crippen LogP contribution in [0.15, 0.2) is 4.99 Å². The monoisotopic (exact) mass is 158 g/mol. The third-order valence-corrected chi connectivity index (χ3v) is 0.716. The van der Waals surface area contributed by atoms with Gasteiger partial charge in [-0.1, -0.05) is 0 Å². The number of nitriles is 1. The predicted octanol–water partition coefficient (Wildman–Crippen LogP) is -1.11. The van der Waals surface area contributed by atoms with Gasteiger partial charge < -0.3 is 5.73 Å². The van der Waals surface area contributed by atoms with Gasteiger partial charge in [-0.25, -0.2) is 10.2 Å². The summed E-state index contributed by atoms with van der Waals surface area (Å²) < 4.78 is 0. The molecule has 60 valence electrons. The first-order chi connectivity index (χ1) is 5.16. The summed E-state index contributed by atoms with van der Waals surface area (Å²) in [5.74, 6) is -0.224. The first kappa shape index (κ1) is 9.16. The first-order valence-corrected chi connectivity index (χ1v) is 2.76. The van der Waals surface area contributed by atoms with Crippen molar-refractivity contribution < 1.29 is 10.2 Å². The van der Waals surface area contributed by atoms with Crippen LogP contribution in [0.4, 0.5) is 0 Å². The van der Waals surface area contributed by atoms with Crippen LogP contribution in [0, 0.1) is 16.2 Å². The zero-order valence-corrected chi connectivity index (χ0v) is 5.69. The lowest BCUT2D eigenvalue weighted by Gasteiger charge is -1.89. The molecule has 0 heterocycles. The number of nitrogens with zero attached hydrogens (tertiary/aromatic N) is 3. The third kappa shape index (κ3) is 6.04. The molecular formula is C4H8N5O2+. The Morgan fingerprint density at radius 1 is 1.91 bits per heavy atom. The zero-order valence-electron chi connectivity index (χ0n) is 5.69. The minimum absolute atomic E-state index is 0.198. The van der Waals surface area contributed by atoms with E-state index < -0.39 is 5.03 Å². The van der Waals surface area contributed by atoms with E-state index in [4.69, 9.17) is 16.2 Å². The summed E-state index contributed by atoms with van der Waals surface area (Å²) in [6.45, 7) is 0.198. The fourth-order valence-electron chi connectivity index (χ4n) is 0.360. The fraction of sp³-hybridized carbons (Fsp3) is 0.500. The molecule has 4 N–H and O–H groups in total.